The molecule has 4 heteroatoms. The number of ether oxygens (including phenoxy) is 1. The van der Waals surface area contributed by atoms with E-state index in [0.717, 1.165) is 5.56 Å². The molecule has 1 amide bonds. The van der Waals surface area contributed by atoms with Crippen LogP contribution in [0.15, 0.2) is 30.3 Å². The normalized spacial score (nSPS) is 12.9. The molecule has 1 aromatic rings. The minimum absolute atomic E-state index is 0.455. The van der Waals surface area contributed by atoms with Crippen molar-refractivity contribution in [2.75, 3.05) is 6.67 Å². The van der Waals surface area contributed by atoms with E-state index in [0.29, 0.717) is 6.42 Å². The Morgan fingerprint density at radius 3 is 2.44 bits per heavy atom. The van der Waals surface area contributed by atoms with Gasteiger partial charge in [-0.05, 0) is 32.8 Å². The number of carbonyl (C=O) groups excluding carboxylic acids is 1. The molecule has 0 aromatic heterocycles. The van der Waals surface area contributed by atoms with Crippen LogP contribution in [0.25, 0.3) is 0 Å². The maximum absolute atomic E-state index is 12.9. The molecule has 0 fully saturated rings. The number of hydrogen-bond donors (Lipinski definition) is 1. The third-order valence-electron chi connectivity index (χ3n) is 2.23. The zero-order valence-electron chi connectivity index (χ0n) is 11.1. The van der Waals surface area contributed by atoms with Crippen molar-refractivity contribution in [3.8, 4) is 0 Å². The largest absolute Gasteiger partial charge is 0.444 e. The molecule has 1 N–H and O–H groups in total. The average molecular weight is 253 g/mol. The highest BCUT2D eigenvalue weighted by molar-refractivity contribution is 5.68. The Bertz CT molecular complexity index is 373. The quantitative estimate of drug-likeness (QED) is 0.895. The minimum Gasteiger partial charge on any atom is -0.444 e. The zero-order chi connectivity index (χ0) is 13.6. The summed E-state index contributed by atoms with van der Waals surface area (Å²) in [7, 11) is 0. The number of hydrogen-bond acceptors (Lipinski definition) is 2. The highest BCUT2D eigenvalue weighted by Gasteiger charge is 2.19. The monoisotopic (exact) mass is 253 g/mol. The van der Waals surface area contributed by atoms with Gasteiger partial charge in [-0.2, -0.15) is 0 Å². The molecule has 0 aliphatic carbocycles. The number of rotatable bonds is 4. The smallest absolute Gasteiger partial charge is 0.407 e. The maximum Gasteiger partial charge on any atom is 0.407 e. The standard InChI is InChI=1S/C14H20FNO2/c1-14(2,3)18-13(17)16-12(10-15)9-11-7-5-4-6-8-11/h4-8,12H,9-10H2,1-3H3,(H,16,17)/t12-/m0/s1. The summed E-state index contributed by atoms with van der Waals surface area (Å²) in [5, 5.41) is 2.54. The summed E-state index contributed by atoms with van der Waals surface area (Å²) in [6.07, 6.45) is -0.127. The minimum atomic E-state index is -0.617. The molecule has 1 aromatic carbocycles. The van der Waals surface area contributed by atoms with E-state index in [-0.39, 0.29) is 0 Å². The van der Waals surface area contributed by atoms with Crippen LogP contribution in [-0.4, -0.2) is 24.4 Å². The van der Waals surface area contributed by atoms with Crippen LogP contribution in [-0.2, 0) is 11.2 Å². The molecule has 0 bridgehead atoms. The van der Waals surface area contributed by atoms with Gasteiger partial charge in [0.25, 0.3) is 0 Å². The van der Waals surface area contributed by atoms with Crippen LogP contribution in [0.3, 0.4) is 0 Å². The molecule has 0 radical (unpaired) electrons. The Balaban J connectivity index is 2.50. The topological polar surface area (TPSA) is 38.3 Å². The summed E-state index contributed by atoms with van der Waals surface area (Å²) >= 11 is 0. The summed E-state index contributed by atoms with van der Waals surface area (Å²) in [6, 6.07) is 8.92. The first-order valence-corrected chi connectivity index (χ1v) is 6.00. The molecule has 0 saturated heterocycles. The van der Waals surface area contributed by atoms with Gasteiger partial charge in [-0.1, -0.05) is 30.3 Å². The number of carbonyl (C=O) groups is 1. The molecular formula is C14H20FNO2. The number of alkyl halides is 1. The second-order valence-electron chi connectivity index (χ2n) is 5.19. The Morgan fingerprint density at radius 2 is 1.94 bits per heavy atom. The van der Waals surface area contributed by atoms with Gasteiger partial charge >= 0.3 is 6.09 Å². The lowest BCUT2D eigenvalue weighted by molar-refractivity contribution is 0.0496. The molecular weight excluding hydrogens is 233 g/mol. The predicted molar refractivity (Wildman–Crippen MR) is 69.3 cm³/mol. The first-order valence-electron chi connectivity index (χ1n) is 6.00. The van der Waals surface area contributed by atoms with Gasteiger partial charge in [0, 0.05) is 0 Å². The highest BCUT2D eigenvalue weighted by atomic mass is 19.1. The van der Waals surface area contributed by atoms with E-state index >= 15 is 0 Å². The van der Waals surface area contributed by atoms with Crippen LogP contribution in [0.2, 0.25) is 0 Å². The molecule has 3 nitrogen and oxygen atoms in total. The first-order chi connectivity index (χ1) is 8.40. The van der Waals surface area contributed by atoms with E-state index < -0.39 is 24.4 Å². The van der Waals surface area contributed by atoms with Crippen molar-refractivity contribution in [2.45, 2.75) is 38.8 Å². The van der Waals surface area contributed by atoms with Crippen molar-refractivity contribution in [2.24, 2.45) is 0 Å². The second kappa shape index (κ2) is 6.38. The van der Waals surface area contributed by atoms with Crippen molar-refractivity contribution in [1.29, 1.82) is 0 Å². The van der Waals surface area contributed by atoms with Crippen molar-refractivity contribution < 1.29 is 13.9 Å². The van der Waals surface area contributed by atoms with E-state index in [1.165, 1.54) is 0 Å². The van der Waals surface area contributed by atoms with Crippen LogP contribution < -0.4 is 5.32 Å². The van der Waals surface area contributed by atoms with Crippen molar-refractivity contribution in [1.82, 2.24) is 5.32 Å². The van der Waals surface area contributed by atoms with E-state index in [4.69, 9.17) is 4.74 Å². The molecule has 0 aliphatic rings. The third kappa shape index (κ3) is 5.66. The Hall–Kier alpha value is -1.58. The second-order valence-corrected chi connectivity index (χ2v) is 5.19. The van der Waals surface area contributed by atoms with Crippen molar-refractivity contribution in [3.63, 3.8) is 0 Å². The van der Waals surface area contributed by atoms with Gasteiger partial charge in [0.15, 0.2) is 0 Å². The number of alkyl carbamates (subject to hydrolysis) is 1. The number of halogens is 1. The first kappa shape index (κ1) is 14.5. The lowest BCUT2D eigenvalue weighted by Crippen LogP contribution is -2.41. The number of nitrogens with one attached hydrogen (secondary N) is 1. The summed E-state index contributed by atoms with van der Waals surface area (Å²) in [5.41, 5.74) is 0.411. The van der Waals surface area contributed by atoms with Crippen LogP contribution in [0.1, 0.15) is 26.3 Å². The number of amides is 1. The molecule has 0 spiro atoms. The Morgan fingerprint density at radius 1 is 1.33 bits per heavy atom. The molecule has 1 atom stereocenters. The molecule has 1 rings (SSSR count). The van der Waals surface area contributed by atoms with Gasteiger partial charge in [-0.3, -0.25) is 0 Å². The van der Waals surface area contributed by atoms with Gasteiger partial charge in [0.05, 0.1) is 6.04 Å². The Labute approximate surface area is 107 Å². The predicted octanol–water partition coefficient (Wildman–Crippen LogP) is 3.09. The van der Waals surface area contributed by atoms with Crippen LogP contribution in [0.5, 0.6) is 0 Å². The average Bonchev–Trinajstić information content (AvgIpc) is 2.27. The Kier molecular flexibility index (Phi) is 5.13. The lowest BCUT2D eigenvalue weighted by atomic mass is 10.1. The van der Waals surface area contributed by atoms with Gasteiger partial charge in [-0.15, -0.1) is 0 Å². The summed E-state index contributed by atoms with van der Waals surface area (Å²) in [6.45, 7) is 4.70. The zero-order valence-corrected chi connectivity index (χ0v) is 11.1. The molecule has 100 valence electrons. The molecule has 0 saturated carbocycles. The van der Waals surface area contributed by atoms with Gasteiger partial charge in [0.2, 0.25) is 0 Å². The molecule has 0 aliphatic heterocycles. The summed E-state index contributed by atoms with van der Waals surface area (Å²) in [5.74, 6) is 0. The molecule has 18 heavy (non-hydrogen) atoms. The van der Waals surface area contributed by atoms with E-state index in [1.807, 2.05) is 30.3 Å². The van der Waals surface area contributed by atoms with Crippen molar-refractivity contribution >= 4 is 6.09 Å². The van der Waals surface area contributed by atoms with Gasteiger partial charge < -0.3 is 10.1 Å². The number of benzene rings is 1. The fourth-order valence-electron chi connectivity index (χ4n) is 1.52. The highest BCUT2D eigenvalue weighted by Crippen LogP contribution is 2.08. The molecule has 0 unspecified atom stereocenters. The fraction of sp³-hybridized carbons (Fsp3) is 0.500. The van der Waals surface area contributed by atoms with E-state index in [9.17, 15) is 9.18 Å². The fourth-order valence-corrected chi connectivity index (χ4v) is 1.52. The van der Waals surface area contributed by atoms with Crippen LogP contribution in [0, 0.1) is 0 Å². The summed E-state index contributed by atoms with van der Waals surface area (Å²) in [4.78, 5) is 11.5. The van der Waals surface area contributed by atoms with E-state index in [1.54, 1.807) is 20.8 Å². The molecule has 0 heterocycles. The summed E-state index contributed by atoms with van der Waals surface area (Å²) < 4.78 is 18.0. The maximum atomic E-state index is 12.9. The van der Waals surface area contributed by atoms with E-state index in [2.05, 4.69) is 5.32 Å². The van der Waals surface area contributed by atoms with Crippen LogP contribution >= 0.6 is 0 Å². The van der Waals surface area contributed by atoms with Crippen LogP contribution in [0.4, 0.5) is 9.18 Å². The SMILES string of the molecule is CC(C)(C)OC(=O)N[C@H](CF)Cc1ccccc1. The lowest BCUT2D eigenvalue weighted by Gasteiger charge is -2.22. The van der Waals surface area contributed by atoms with Gasteiger partial charge in [0.1, 0.15) is 12.3 Å². The van der Waals surface area contributed by atoms with Gasteiger partial charge in [-0.25, -0.2) is 9.18 Å². The third-order valence-corrected chi connectivity index (χ3v) is 2.23. The van der Waals surface area contributed by atoms with Crippen molar-refractivity contribution in [3.05, 3.63) is 35.9 Å².